The minimum Gasteiger partial charge on any atom is -0.377 e. The van der Waals surface area contributed by atoms with Crippen molar-refractivity contribution in [2.75, 3.05) is 26.3 Å². The highest BCUT2D eigenvalue weighted by Gasteiger charge is 2.01. The molecular weight excluding hydrogens is 174 g/mol. The van der Waals surface area contributed by atoms with Crippen LogP contribution < -0.4 is 5.32 Å². The summed E-state index contributed by atoms with van der Waals surface area (Å²) in [5.74, 6) is 0. The Morgan fingerprint density at radius 1 is 1.36 bits per heavy atom. The van der Waals surface area contributed by atoms with Crippen LogP contribution >= 0.6 is 0 Å². The van der Waals surface area contributed by atoms with Gasteiger partial charge in [0.05, 0.1) is 6.61 Å². The summed E-state index contributed by atoms with van der Waals surface area (Å²) in [6.07, 6.45) is 8.60. The molecule has 1 rings (SSSR count). The molecule has 0 amide bonds. The van der Waals surface area contributed by atoms with E-state index in [-0.39, 0.29) is 0 Å². The first-order valence-corrected chi connectivity index (χ1v) is 5.90. The Labute approximate surface area is 87.7 Å². The monoisotopic (exact) mass is 197 g/mol. The van der Waals surface area contributed by atoms with Crippen molar-refractivity contribution < 1.29 is 4.74 Å². The summed E-state index contributed by atoms with van der Waals surface area (Å²) in [6.45, 7) is 6.17. The van der Waals surface area contributed by atoms with Gasteiger partial charge in [-0.3, -0.25) is 0 Å². The number of hydrogen-bond acceptors (Lipinski definition) is 2. The molecule has 0 aliphatic carbocycles. The molecule has 0 aromatic carbocycles. The van der Waals surface area contributed by atoms with E-state index in [1.54, 1.807) is 0 Å². The Balaban J connectivity index is 1.90. The van der Waals surface area contributed by atoms with Crippen LogP contribution in [0.15, 0.2) is 11.6 Å². The molecule has 1 N–H and O–H groups in total. The second-order valence-corrected chi connectivity index (χ2v) is 3.93. The van der Waals surface area contributed by atoms with Gasteiger partial charge in [0, 0.05) is 13.2 Å². The average Bonchev–Trinajstić information content (AvgIpc) is 2.25. The Morgan fingerprint density at radius 3 is 3.00 bits per heavy atom. The summed E-state index contributed by atoms with van der Waals surface area (Å²) in [5, 5.41) is 3.30. The van der Waals surface area contributed by atoms with Gasteiger partial charge in [-0.25, -0.2) is 0 Å². The zero-order valence-electron chi connectivity index (χ0n) is 9.35. The molecule has 82 valence electrons. The number of rotatable bonds is 7. The minimum absolute atomic E-state index is 0.855. The van der Waals surface area contributed by atoms with Crippen LogP contribution in [0, 0.1) is 0 Å². The van der Waals surface area contributed by atoms with Crippen LogP contribution in [-0.4, -0.2) is 26.3 Å². The summed E-state index contributed by atoms with van der Waals surface area (Å²) in [6, 6.07) is 0. The van der Waals surface area contributed by atoms with Crippen LogP contribution in [0.1, 0.15) is 39.0 Å². The molecule has 2 heteroatoms. The normalized spacial score (nSPS) is 16.8. The van der Waals surface area contributed by atoms with Gasteiger partial charge in [0.25, 0.3) is 0 Å². The molecule has 14 heavy (non-hydrogen) atoms. The van der Waals surface area contributed by atoms with Crippen LogP contribution in [-0.2, 0) is 4.74 Å². The van der Waals surface area contributed by atoms with E-state index in [4.69, 9.17) is 4.74 Å². The standard InChI is InChI=1S/C12H23NO/c1-2-3-4-5-10-14-11-12-6-8-13-9-7-12/h6,13H,2-5,7-11H2,1H3. The van der Waals surface area contributed by atoms with Crippen molar-refractivity contribution in [3.8, 4) is 0 Å². The third-order valence-corrected chi connectivity index (χ3v) is 2.59. The largest absolute Gasteiger partial charge is 0.377 e. The van der Waals surface area contributed by atoms with Gasteiger partial charge in [0.2, 0.25) is 0 Å². The maximum atomic E-state index is 5.62. The fourth-order valence-electron chi connectivity index (χ4n) is 1.63. The lowest BCUT2D eigenvalue weighted by atomic mass is 10.1. The van der Waals surface area contributed by atoms with E-state index >= 15 is 0 Å². The Morgan fingerprint density at radius 2 is 2.29 bits per heavy atom. The third-order valence-electron chi connectivity index (χ3n) is 2.59. The smallest absolute Gasteiger partial charge is 0.0677 e. The molecule has 0 atom stereocenters. The second-order valence-electron chi connectivity index (χ2n) is 3.93. The van der Waals surface area contributed by atoms with Gasteiger partial charge in [-0.2, -0.15) is 0 Å². The van der Waals surface area contributed by atoms with E-state index in [0.717, 1.165) is 32.7 Å². The molecule has 0 bridgehead atoms. The topological polar surface area (TPSA) is 21.3 Å². The molecule has 0 spiro atoms. The molecule has 2 nitrogen and oxygen atoms in total. The molecule has 0 radical (unpaired) electrons. The predicted octanol–water partition coefficient (Wildman–Crippen LogP) is 2.50. The summed E-state index contributed by atoms with van der Waals surface area (Å²) in [7, 11) is 0. The lowest BCUT2D eigenvalue weighted by Crippen LogP contribution is -2.22. The Hall–Kier alpha value is -0.340. The first-order valence-electron chi connectivity index (χ1n) is 5.90. The van der Waals surface area contributed by atoms with E-state index in [1.807, 2.05) is 0 Å². The highest BCUT2D eigenvalue weighted by molar-refractivity contribution is 5.06. The lowest BCUT2D eigenvalue weighted by molar-refractivity contribution is 0.148. The first-order chi connectivity index (χ1) is 6.93. The lowest BCUT2D eigenvalue weighted by Gasteiger charge is -2.13. The van der Waals surface area contributed by atoms with Crippen LogP contribution in [0.25, 0.3) is 0 Å². The van der Waals surface area contributed by atoms with E-state index in [9.17, 15) is 0 Å². The Kier molecular flexibility index (Phi) is 6.71. The van der Waals surface area contributed by atoms with Crippen LogP contribution in [0.5, 0.6) is 0 Å². The average molecular weight is 197 g/mol. The van der Waals surface area contributed by atoms with E-state index in [0.29, 0.717) is 0 Å². The van der Waals surface area contributed by atoms with Crippen molar-refractivity contribution in [1.82, 2.24) is 5.32 Å². The van der Waals surface area contributed by atoms with Gasteiger partial charge in [0.15, 0.2) is 0 Å². The summed E-state index contributed by atoms with van der Waals surface area (Å²) in [4.78, 5) is 0. The third kappa shape index (κ3) is 5.40. The highest BCUT2D eigenvalue weighted by atomic mass is 16.5. The molecule has 1 aliphatic rings. The summed E-state index contributed by atoms with van der Waals surface area (Å²) < 4.78 is 5.62. The summed E-state index contributed by atoms with van der Waals surface area (Å²) >= 11 is 0. The van der Waals surface area contributed by atoms with E-state index < -0.39 is 0 Å². The SMILES string of the molecule is CCCCCCOCC1=CCNCC1. The molecule has 0 unspecified atom stereocenters. The molecule has 0 saturated carbocycles. The Bertz CT molecular complexity index is 166. The minimum atomic E-state index is 0.855. The maximum absolute atomic E-state index is 5.62. The maximum Gasteiger partial charge on any atom is 0.0677 e. The van der Waals surface area contributed by atoms with Gasteiger partial charge in [0.1, 0.15) is 0 Å². The fraction of sp³-hybridized carbons (Fsp3) is 0.833. The van der Waals surface area contributed by atoms with Crippen molar-refractivity contribution in [2.24, 2.45) is 0 Å². The van der Waals surface area contributed by atoms with Crippen LogP contribution in [0.3, 0.4) is 0 Å². The number of ether oxygens (including phenoxy) is 1. The van der Waals surface area contributed by atoms with Gasteiger partial charge in [-0.15, -0.1) is 0 Å². The first kappa shape index (κ1) is 11.7. The van der Waals surface area contributed by atoms with Gasteiger partial charge in [-0.1, -0.05) is 32.3 Å². The highest BCUT2D eigenvalue weighted by Crippen LogP contribution is 2.05. The van der Waals surface area contributed by atoms with Crippen molar-refractivity contribution >= 4 is 0 Å². The fourth-order valence-corrected chi connectivity index (χ4v) is 1.63. The molecule has 1 heterocycles. The van der Waals surface area contributed by atoms with E-state index in [2.05, 4.69) is 18.3 Å². The molecule has 0 aromatic heterocycles. The van der Waals surface area contributed by atoms with Crippen molar-refractivity contribution in [2.45, 2.75) is 39.0 Å². The van der Waals surface area contributed by atoms with Crippen molar-refractivity contribution in [3.63, 3.8) is 0 Å². The molecule has 0 fully saturated rings. The molecule has 0 saturated heterocycles. The molecule has 0 aromatic rings. The molecule has 1 aliphatic heterocycles. The van der Waals surface area contributed by atoms with Crippen LogP contribution in [0.4, 0.5) is 0 Å². The van der Waals surface area contributed by atoms with Crippen molar-refractivity contribution in [3.05, 3.63) is 11.6 Å². The number of nitrogens with one attached hydrogen (secondary N) is 1. The zero-order chi connectivity index (χ0) is 10.1. The quantitative estimate of drug-likeness (QED) is 0.500. The van der Waals surface area contributed by atoms with Crippen LogP contribution in [0.2, 0.25) is 0 Å². The zero-order valence-corrected chi connectivity index (χ0v) is 9.35. The van der Waals surface area contributed by atoms with Gasteiger partial charge < -0.3 is 10.1 Å². The number of hydrogen-bond donors (Lipinski definition) is 1. The predicted molar refractivity (Wildman–Crippen MR) is 60.5 cm³/mol. The molecular formula is C12H23NO. The van der Waals surface area contributed by atoms with Gasteiger partial charge >= 0.3 is 0 Å². The number of unbranched alkanes of at least 4 members (excludes halogenated alkanes) is 3. The second kappa shape index (κ2) is 8.01. The van der Waals surface area contributed by atoms with E-state index in [1.165, 1.54) is 31.3 Å². The van der Waals surface area contributed by atoms with Crippen molar-refractivity contribution in [1.29, 1.82) is 0 Å². The van der Waals surface area contributed by atoms with Gasteiger partial charge in [-0.05, 0) is 25.0 Å². The summed E-state index contributed by atoms with van der Waals surface area (Å²) in [5.41, 5.74) is 1.47.